The number of amides is 10. The molecule has 13 N–H and O–H groups in total. The van der Waals surface area contributed by atoms with E-state index in [0.29, 0.717) is 35.9 Å². The summed E-state index contributed by atoms with van der Waals surface area (Å²) in [7, 11) is 0. The second-order valence-corrected chi connectivity index (χ2v) is 23.5. The van der Waals surface area contributed by atoms with Gasteiger partial charge in [0.2, 0.25) is 64.6 Å². The Hall–Kier alpha value is -6.04. The number of benzene rings is 1. The van der Waals surface area contributed by atoms with Crippen LogP contribution in [0.25, 0.3) is 10.9 Å². The third-order valence-corrected chi connectivity index (χ3v) is 16.5. The molecule has 2 aromatic rings. The van der Waals surface area contributed by atoms with E-state index in [4.69, 9.17) is 10.5 Å². The molecule has 2 fully saturated rings. The molecule has 3 aliphatic heterocycles. The highest BCUT2D eigenvalue weighted by Crippen LogP contribution is 2.34. The zero-order valence-electron chi connectivity index (χ0n) is 45.5. The monoisotopic (exact) mass is 1150 g/mol. The van der Waals surface area contributed by atoms with E-state index in [2.05, 4.69) is 54.8 Å². The van der Waals surface area contributed by atoms with Gasteiger partial charge in [-0.1, -0.05) is 34.1 Å². The summed E-state index contributed by atoms with van der Waals surface area (Å²) >= 11 is 1.91. The molecular weight excluding hydrogens is 1070 g/mol. The van der Waals surface area contributed by atoms with Crippen LogP contribution in [0.2, 0.25) is 0 Å². The number of rotatable bonds is 21. The third kappa shape index (κ3) is 16.8. The molecule has 0 bridgehead atoms. The number of aromatic amines is 1. The van der Waals surface area contributed by atoms with Gasteiger partial charge in [-0.2, -0.15) is 12.6 Å². The van der Waals surface area contributed by atoms with E-state index in [1.807, 2.05) is 6.92 Å². The average molecular weight is 1150 g/mol. The number of likely N-dealkylation sites (tertiary alicyclic amines) is 2. The predicted molar refractivity (Wildman–Crippen MR) is 290 cm³/mol. The van der Waals surface area contributed by atoms with Crippen LogP contribution >= 0.6 is 12.6 Å². The van der Waals surface area contributed by atoms with Crippen molar-refractivity contribution in [1.82, 2.24) is 52.0 Å². The van der Waals surface area contributed by atoms with Crippen molar-refractivity contribution >= 4 is 94.3 Å². The van der Waals surface area contributed by atoms with Crippen LogP contribution in [0.3, 0.4) is 0 Å². The van der Waals surface area contributed by atoms with Crippen LogP contribution in [0.5, 0.6) is 5.75 Å². The third-order valence-electron chi connectivity index (χ3n) is 14.7. The first-order valence-electron chi connectivity index (χ1n) is 26.3. The maximum absolute atomic E-state index is 15.1. The van der Waals surface area contributed by atoms with Gasteiger partial charge in [0, 0.05) is 77.7 Å². The van der Waals surface area contributed by atoms with Crippen molar-refractivity contribution in [3.8, 4) is 5.75 Å². The molecule has 5 rings (SSSR count). The maximum atomic E-state index is 15.1. The molecule has 438 valence electrons. The number of primary amides is 1. The van der Waals surface area contributed by atoms with Crippen LogP contribution < -0.4 is 47.7 Å². The summed E-state index contributed by atoms with van der Waals surface area (Å²) in [4.78, 5) is 139. The normalized spacial score (nSPS) is 25.3. The van der Waals surface area contributed by atoms with Gasteiger partial charge in [0.15, 0.2) is 6.04 Å². The van der Waals surface area contributed by atoms with Crippen molar-refractivity contribution < 1.29 is 72.6 Å². The van der Waals surface area contributed by atoms with Crippen LogP contribution in [0.15, 0.2) is 23.2 Å². The van der Waals surface area contributed by atoms with Gasteiger partial charge < -0.3 is 77.4 Å². The molecule has 4 heterocycles. The smallest absolute Gasteiger partial charge is 0.248 e. The van der Waals surface area contributed by atoms with Crippen molar-refractivity contribution in [2.45, 2.75) is 151 Å². The van der Waals surface area contributed by atoms with Crippen LogP contribution in [-0.2, 0) is 65.5 Å². The van der Waals surface area contributed by atoms with Gasteiger partial charge in [0.25, 0.3) is 0 Å². The van der Waals surface area contributed by atoms with Crippen molar-refractivity contribution in [2.75, 3.05) is 45.1 Å². The van der Waals surface area contributed by atoms with E-state index < -0.39 is 155 Å². The zero-order chi connectivity index (χ0) is 58.6. The Labute approximate surface area is 466 Å². The van der Waals surface area contributed by atoms with Crippen molar-refractivity contribution in [1.29, 1.82) is 0 Å². The number of nitrogens with one attached hydrogen (secondary N) is 8. The van der Waals surface area contributed by atoms with Crippen LogP contribution in [0, 0.1) is 17.8 Å². The fourth-order valence-corrected chi connectivity index (χ4v) is 11.8. The molecule has 10 amide bonds. The number of nitrogens with zero attached hydrogens (tertiary/aromatic N) is 2. The molecule has 0 radical (unpaired) electrons. The largest absolute Gasteiger partial charge is 0.610 e. The summed E-state index contributed by atoms with van der Waals surface area (Å²) in [6, 6.07) is -2.44. The van der Waals surface area contributed by atoms with E-state index in [-0.39, 0.29) is 67.3 Å². The number of aliphatic hydroxyl groups excluding tert-OH is 3. The molecule has 26 nitrogen and oxygen atoms in total. The Morgan fingerprint density at radius 3 is 2.30 bits per heavy atom. The molecule has 0 aliphatic carbocycles. The lowest BCUT2D eigenvalue weighted by molar-refractivity contribution is -0.145. The summed E-state index contributed by atoms with van der Waals surface area (Å²) in [6.45, 7) is 9.90. The van der Waals surface area contributed by atoms with Crippen molar-refractivity contribution in [3.63, 3.8) is 0 Å². The summed E-state index contributed by atoms with van der Waals surface area (Å²) in [5, 5.41) is 48.5. The number of nitrogens with two attached hydrogens (primary N) is 1. The Morgan fingerprint density at radius 2 is 1.71 bits per heavy atom. The number of aromatic nitrogens is 1. The number of carbonyl (C=O) groups excluding carboxylic acids is 10. The van der Waals surface area contributed by atoms with E-state index >= 15 is 4.55 Å². The van der Waals surface area contributed by atoms with Crippen molar-refractivity contribution in [3.05, 3.63) is 23.8 Å². The van der Waals surface area contributed by atoms with Gasteiger partial charge in [-0.15, -0.1) is 0 Å². The Kier molecular flexibility index (Phi) is 22.9. The molecule has 1 aromatic carbocycles. The highest BCUT2D eigenvalue weighted by molar-refractivity contribution is 7.91. The first kappa shape index (κ1) is 63.8. The van der Waals surface area contributed by atoms with E-state index in [1.165, 1.54) is 9.80 Å². The highest BCUT2D eigenvalue weighted by atomic mass is 32.2. The SMILES string of the molecule is CC[C@H](C)[C@@H]1NC(=O)CNC(=O)[C@@H](NC[C@@H](NC=O)[C@@H](C)[C@@H](O)CO)Cc2c([nH]c3cc(OCC(C)CC(C)(C)N4C(=O)CC(S)C4=O)ccc23)[S+]([O-])C[C@@H](C(=O)N[C@@H](CC(N)=O)C(=O)N2C[C@H](O)C[C@H]2C)NC(=O)CNC1=O. The van der Waals surface area contributed by atoms with E-state index in [1.54, 1.807) is 59.7 Å². The fraction of sp³-hybridized carbons (Fsp3) is 0.647. The number of thiol groups is 1. The van der Waals surface area contributed by atoms with E-state index in [0.717, 1.165) is 0 Å². The number of ether oxygens (including phenoxy) is 1. The second-order valence-electron chi connectivity index (χ2n) is 21.5. The lowest BCUT2D eigenvalue weighted by Gasteiger charge is -2.36. The highest BCUT2D eigenvalue weighted by Gasteiger charge is 2.45. The number of H-pyrrole nitrogens is 1. The number of fused-ring (bicyclic) bond motifs is 3. The Bertz CT molecular complexity index is 2570. The lowest BCUT2D eigenvalue weighted by Crippen LogP contribution is -2.59. The molecule has 0 spiro atoms. The predicted octanol–water partition coefficient (Wildman–Crippen LogP) is -3.28. The molecule has 0 saturated carbocycles. The first-order chi connectivity index (χ1) is 37.2. The maximum Gasteiger partial charge on any atom is 0.248 e. The van der Waals surface area contributed by atoms with Crippen LogP contribution in [0.4, 0.5) is 0 Å². The van der Waals surface area contributed by atoms with Gasteiger partial charge in [0.05, 0.1) is 61.7 Å². The molecule has 3 unspecified atom stereocenters. The first-order valence-corrected chi connectivity index (χ1v) is 28.2. The zero-order valence-corrected chi connectivity index (χ0v) is 47.2. The van der Waals surface area contributed by atoms with Gasteiger partial charge in [0.1, 0.15) is 23.6 Å². The minimum atomic E-state index is -2.36. The van der Waals surface area contributed by atoms with Gasteiger partial charge >= 0.3 is 0 Å². The molecule has 3 aliphatic rings. The minimum Gasteiger partial charge on any atom is -0.610 e. The number of aliphatic hydroxyl groups is 3. The number of carbonyl (C=O) groups is 10. The standard InChI is InChI=1S/C51H77N11O15S2/c1-8-26(3)44-47(73)55-18-41(68)57-37(46(72)58-35(14-40(52)67)49(74)61-20-29(65)11-27(61)4)23-79(76)48-32(13-34(45(71)54-19-42(69)60-44)53-17-36(56-24-64)28(5)38(66)21-63)31-10-9-30(12-33(31)59-48)77-22-25(2)16-51(6,7)62-43(70)15-39(78)50(62)75/h9-10,12,24-29,34-39,44,53,59,63,65-66,78H,8,11,13-23H2,1-7H3,(H2,52,67)(H,54,71)(H,55,73)(H,56,64)(H,57,68)(H,58,72)(H,60,69)/t25?,26-,27+,28+,29+,34-,35-,36+,37-,38-,39?,44-,79?/m0/s1. The number of hydrogen-bond donors (Lipinski definition) is 13. The summed E-state index contributed by atoms with van der Waals surface area (Å²) in [6.07, 6.45) is -1.83. The topological polar surface area (TPSA) is 396 Å². The molecular formula is C51H77N11O15S2. The molecule has 1 aromatic heterocycles. The van der Waals surface area contributed by atoms with Gasteiger partial charge in [-0.3, -0.25) is 52.8 Å². The number of imide groups is 1. The van der Waals surface area contributed by atoms with Gasteiger partial charge in [-0.25, -0.2) is 0 Å². The number of hydrogen-bond acceptors (Lipinski definition) is 17. The molecule has 28 heteroatoms. The molecule has 13 atom stereocenters. The molecule has 79 heavy (non-hydrogen) atoms. The van der Waals surface area contributed by atoms with E-state index in [9.17, 15) is 63.3 Å². The Balaban J connectivity index is 1.59. The minimum absolute atomic E-state index is 0.00413. The summed E-state index contributed by atoms with van der Waals surface area (Å²) in [5.41, 5.74) is 5.22. The fourth-order valence-electron chi connectivity index (χ4n) is 10.2. The van der Waals surface area contributed by atoms with Crippen molar-refractivity contribution in [2.24, 2.45) is 23.5 Å². The van der Waals surface area contributed by atoms with Crippen LogP contribution in [-0.4, -0.2) is 199 Å². The second kappa shape index (κ2) is 28.4. The van der Waals surface area contributed by atoms with Crippen LogP contribution in [0.1, 0.15) is 86.1 Å². The number of β-amino-alcohol motifs (C(OH)–C–C–N with tert-alkyl or cyclic N) is 1. The summed E-state index contributed by atoms with van der Waals surface area (Å²) in [5.74, 6) is -8.68. The lowest BCUT2D eigenvalue weighted by atomic mass is 9.90. The molecule has 2 saturated heterocycles. The Morgan fingerprint density at radius 1 is 1.04 bits per heavy atom. The average Bonchev–Trinajstić information content (AvgIpc) is 4.05. The quantitative estimate of drug-likeness (QED) is 0.0252. The van der Waals surface area contributed by atoms with Gasteiger partial charge in [-0.05, 0) is 57.6 Å². The summed E-state index contributed by atoms with van der Waals surface area (Å²) < 4.78 is 21.3.